The fourth-order valence-electron chi connectivity index (χ4n) is 6.09. The average molecular weight is 475 g/mol. The summed E-state index contributed by atoms with van der Waals surface area (Å²) in [6.07, 6.45) is 8.36. The lowest BCUT2D eigenvalue weighted by atomic mass is 9.78. The topological polar surface area (TPSA) is 101 Å². The van der Waals surface area contributed by atoms with Gasteiger partial charge in [0.15, 0.2) is 6.29 Å². The summed E-state index contributed by atoms with van der Waals surface area (Å²) in [6, 6.07) is 0. The van der Waals surface area contributed by atoms with Crippen molar-refractivity contribution in [2.45, 2.75) is 109 Å². The van der Waals surface area contributed by atoms with Gasteiger partial charge in [-0.25, -0.2) is 0 Å². The Hall–Kier alpha value is -1.41. The first-order valence-electron chi connectivity index (χ1n) is 13.2. The Balaban J connectivity index is 1.42. The number of aliphatic hydroxyl groups is 2. The number of unbranched alkanes of at least 4 members (excludes halogenated alkanes) is 1. The predicted octanol–water partition coefficient (Wildman–Crippen LogP) is 3.66. The number of aliphatic imine (C=N–C) groups is 2. The normalized spacial score (nSPS) is 36.4. The first-order valence-corrected chi connectivity index (χ1v) is 13.2. The van der Waals surface area contributed by atoms with Gasteiger partial charge in [0, 0.05) is 36.7 Å². The van der Waals surface area contributed by atoms with Gasteiger partial charge in [0.1, 0.15) is 12.4 Å². The zero-order chi connectivity index (χ0) is 24.3. The van der Waals surface area contributed by atoms with Gasteiger partial charge in [-0.15, -0.1) is 0 Å². The second-order valence-corrected chi connectivity index (χ2v) is 11.0. The van der Waals surface area contributed by atoms with Gasteiger partial charge in [0.2, 0.25) is 0 Å². The van der Waals surface area contributed by atoms with Gasteiger partial charge < -0.3 is 24.5 Å². The molecule has 0 amide bonds. The monoisotopic (exact) mass is 474 g/mol. The molecule has 0 aromatic carbocycles. The average Bonchev–Trinajstić information content (AvgIpc) is 3.26. The van der Waals surface area contributed by atoms with Crippen molar-refractivity contribution >= 4 is 18.2 Å². The van der Waals surface area contributed by atoms with Crippen LogP contribution in [0.1, 0.15) is 78.6 Å². The Bertz CT molecular complexity index is 816. The smallest absolute Gasteiger partial charge is 0.154 e. The lowest BCUT2D eigenvalue weighted by Gasteiger charge is -2.30. The summed E-state index contributed by atoms with van der Waals surface area (Å²) < 4.78 is 12.2. The molecule has 7 nitrogen and oxygen atoms in total. The van der Waals surface area contributed by atoms with E-state index in [0.29, 0.717) is 31.1 Å². The second-order valence-electron chi connectivity index (χ2n) is 11.0. The van der Waals surface area contributed by atoms with Crippen LogP contribution >= 0.6 is 0 Å². The number of hydrogen-bond donors (Lipinski definition) is 2. The van der Waals surface area contributed by atoms with Crippen LogP contribution in [0.5, 0.6) is 0 Å². The molecule has 34 heavy (non-hydrogen) atoms. The fraction of sp³-hybridized carbons (Fsp3) is 0.815. The molecule has 1 fully saturated rings. The fourth-order valence-corrected chi connectivity index (χ4v) is 6.09. The Labute approximate surface area is 203 Å². The van der Waals surface area contributed by atoms with E-state index < -0.39 is 18.5 Å². The zero-order valence-corrected chi connectivity index (χ0v) is 21.0. The SMILES string of the molecule is CC1=NCCC2=C1CCC2C1OC(COC(O)CCCC=O)[C@H](O)[C@H]1CC(C)CCC1(C)C=N1. The van der Waals surface area contributed by atoms with Crippen LogP contribution in [0.2, 0.25) is 0 Å². The summed E-state index contributed by atoms with van der Waals surface area (Å²) in [5.41, 5.74) is 4.11. The van der Waals surface area contributed by atoms with Crippen molar-refractivity contribution in [3.05, 3.63) is 11.1 Å². The number of aldehydes is 1. The highest BCUT2D eigenvalue weighted by molar-refractivity contribution is 6.00. The minimum absolute atomic E-state index is 0.0376. The summed E-state index contributed by atoms with van der Waals surface area (Å²) in [6.45, 7) is 7.56. The van der Waals surface area contributed by atoms with Gasteiger partial charge in [0.25, 0.3) is 0 Å². The van der Waals surface area contributed by atoms with E-state index in [1.807, 2.05) is 6.21 Å². The molecule has 0 saturated carbocycles. The molecular weight excluding hydrogens is 432 g/mol. The molecule has 0 radical (unpaired) electrons. The lowest BCUT2D eigenvalue weighted by molar-refractivity contribution is -0.143. The first kappa shape index (κ1) is 25.7. The third-order valence-corrected chi connectivity index (χ3v) is 8.29. The van der Waals surface area contributed by atoms with Gasteiger partial charge in [-0.3, -0.25) is 9.98 Å². The molecule has 8 atom stereocenters. The predicted molar refractivity (Wildman–Crippen MR) is 132 cm³/mol. The number of dihydropyridines is 1. The van der Waals surface area contributed by atoms with Crippen molar-refractivity contribution in [3.63, 3.8) is 0 Å². The van der Waals surface area contributed by atoms with E-state index >= 15 is 0 Å². The van der Waals surface area contributed by atoms with Crippen molar-refractivity contribution < 1.29 is 24.5 Å². The minimum Gasteiger partial charge on any atom is -0.390 e. The standard InChI is InChI=1S/C27H42N2O5/c1-17(9-11-27(3)16-29-27)14-22-25(32)23(15-33-24(31)6-4-5-13-30)34-26(22)21-8-7-19-18(2)28-12-10-20(19)21/h13,16-17,21-26,31-32H,4-12,14-15H2,1-3H3/t17?,21?,22-,23?,24?,25-,26?,27?/m1/s1. The lowest BCUT2D eigenvalue weighted by Crippen LogP contribution is -2.34. The highest BCUT2D eigenvalue weighted by atomic mass is 16.6. The van der Waals surface area contributed by atoms with Crippen molar-refractivity contribution in [2.24, 2.45) is 27.7 Å². The highest BCUT2D eigenvalue weighted by Crippen LogP contribution is 2.47. The maximum atomic E-state index is 11.3. The van der Waals surface area contributed by atoms with Gasteiger partial charge in [-0.2, -0.15) is 0 Å². The molecular formula is C27H42N2O5. The van der Waals surface area contributed by atoms with Crippen molar-refractivity contribution in [3.8, 4) is 0 Å². The molecule has 4 aliphatic rings. The Morgan fingerprint density at radius 2 is 2.15 bits per heavy atom. The van der Waals surface area contributed by atoms with Crippen LogP contribution in [0.3, 0.4) is 0 Å². The van der Waals surface area contributed by atoms with Gasteiger partial charge in [-0.1, -0.05) is 12.5 Å². The number of carbonyl (C=O) groups is 1. The van der Waals surface area contributed by atoms with Crippen LogP contribution < -0.4 is 0 Å². The number of ether oxygens (including phenoxy) is 2. The van der Waals surface area contributed by atoms with Crippen molar-refractivity contribution in [1.82, 2.24) is 0 Å². The summed E-state index contributed by atoms with van der Waals surface area (Å²) in [7, 11) is 0. The molecule has 1 saturated heterocycles. The molecule has 190 valence electrons. The molecule has 0 spiro atoms. The molecule has 3 aliphatic heterocycles. The number of allylic oxidation sites excluding steroid dienone is 1. The quantitative estimate of drug-likeness (QED) is 0.241. The van der Waals surface area contributed by atoms with Crippen LogP contribution in [0.4, 0.5) is 0 Å². The first-order chi connectivity index (χ1) is 16.3. The highest BCUT2D eigenvalue weighted by Gasteiger charge is 2.49. The number of nitrogens with zero attached hydrogens (tertiary/aromatic N) is 2. The largest absolute Gasteiger partial charge is 0.390 e. The number of rotatable bonds is 13. The number of aliphatic hydroxyl groups excluding tert-OH is 2. The molecule has 4 rings (SSSR count). The van der Waals surface area contributed by atoms with Crippen LogP contribution in [0.15, 0.2) is 21.1 Å². The Morgan fingerprint density at radius 1 is 1.35 bits per heavy atom. The number of carbonyl (C=O) groups excluding carboxylic acids is 1. The van der Waals surface area contributed by atoms with E-state index in [1.54, 1.807) is 0 Å². The van der Waals surface area contributed by atoms with Gasteiger partial charge >= 0.3 is 0 Å². The maximum Gasteiger partial charge on any atom is 0.154 e. The third kappa shape index (κ3) is 6.04. The molecule has 0 aromatic heterocycles. The van der Waals surface area contributed by atoms with Crippen molar-refractivity contribution in [2.75, 3.05) is 13.2 Å². The van der Waals surface area contributed by atoms with Crippen molar-refractivity contribution in [1.29, 1.82) is 0 Å². The van der Waals surface area contributed by atoms with Crippen LogP contribution in [-0.4, -0.2) is 71.7 Å². The maximum absolute atomic E-state index is 11.3. The minimum atomic E-state index is -0.940. The molecule has 0 aromatic rings. The van der Waals surface area contributed by atoms with E-state index in [4.69, 9.17) is 9.47 Å². The summed E-state index contributed by atoms with van der Waals surface area (Å²) in [4.78, 5) is 19.6. The molecule has 3 heterocycles. The third-order valence-electron chi connectivity index (χ3n) is 8.29. The van der Waals surface area contributed by atoms with Gasteiger partial charge in [0.05, 0.1) is 24.4 Å². The molecule has 6 unspecified atom stereocenters. The zero-order valence-electron chi connectivity index (χ0n) is 21.0. The van der Waals surface area contributed by atoms with E-state index in [2.05, 4.69) is 30.8 Å². The molecule has 2 N–H and O–H groups in total. The number of hydrogen-bond acceptors (Lipinski definition) is 7. The Kier molecular flexibility index (Phi) is 8.39. The van der Waals surface area contributed by atoms with Crippen LogP contribution in [0.25, 0.3) is 0 Å². The summed E-state index contributed by atoms with van der Waals surface area (Å²) >= 11 is 0. The van der Waals surface area contributed by atoms with E-state index in [0.717, 1.165) is 51.4 Å². The van der Waals surface area contributed by atoms with Gasteiger partial charge in [-0.05, 0) is 76.7 Å². The summed E-state index contributed by atoms with van der Waals surface area (Å²) in [5.74, 6) is 0.823. The molecule has 0 bridgehead atoms. The molecule has 7 heteroatoms. The molecule has 1 aliphatic carbocycles. The van der Waals surface area contributed by atoms with Crippen LogP contribution in [0, 0.1) is 17.8 Å². The van der Waals surface area contributed by atoms with Crippen LogP contribution in [-0.2, 0) is 14.3 Å². The van der Waals surface area contributed by atoms with E-state index in [9.17, 15) is 15.0 Å². The Morgan fingerprint density at radius 3 is 2.88 bits per heavy atom. The van der Waals surface area contributed by atoms with E-state index in [1.165, 1.54) is 16.9 Å². The second kappa shape index (κ2) is 11.1. The van der Waals surface area contributed by atoms with E-state index in [-0.39, 0.29) is 24.2 Å². The summed E-state index contributed by atoms with van der Waals surface area (Å²) in [5, 5.41) is 21.5.